The maximum atomic E-state index is 14.7. The van der Waals surface area contributed by atoms with Gasteiger partial charge in [-0.25, -0.2) is 4.39 Å². The van der Waals surface area contributed by atoms with Gasteiger partial charge in [-0.2, -0.15) is 0 Å². The number of rotatable bonds is 7. The van der Waals surface area contributed by atoms with Gasteiger partial charge in [-0.05, 0) is 56.0 Å². The van der Waals surface area contributed by atoms with E-state index in [2.05, 4.69) is 6.92 Å². The van der Waals surface area contributed by atoms with Crippen LogP contribution in [0.3, 0.4) is 0 Å². The monoisotopic (exact) mass is 376 g/mol. The summed E-state index contributed by atoms with van der Waals surface area (Å²) in [5.74, 6) is 0.840. The lowest BCUT2D eigenvalue weighted by atomic mass is 10.0. The molecule has 0 radical (unpaired) electrons. The highest BCUT2D eigenvalue weighted by Gasteiger charge is 2.32. The predicted octanol–water partition coefficient (Wildman–Crippen LogP) is 6.50. The lowest BCUT2D eigenvalue weighted by Crippen LogP contribution is -2.25. The third kappa shape index (κ3) is 4.32. The lowest BCUT2D eigenvalue weighted by Gasteiger charge is -2.18. The Morgan fingerprint density at radius 2 is 2.00 bits per heavy atom. The van der Waals surface area contributed by atoms with Crippen LogP contribution < -0.4 is 9.47 Å². The molecule has 1 aliphatic heterocycles. The van der Waals surface area contributed by atoms with Crippen molar-refractivity contribution < 1.29 is 13.9 Å². The van der Waals surface area contributed by atoms with Crippen molar-refractivity contribution in [3.05, 3.63) is 57.9 Å². The molecule has 0 amide bonds. The van der Waals surface area contributed by atoms with Crippen molar-refractivity contribution in [1.29, 1.82) is 0 Å². The van der Waals surface area contributed by atoms with Gasteiger partial charge in [0, 0.05) is 17.0 Å². The van der Waals surface area contributed by atoms with Gasteiger partial charge >= 0.3 is 0 Å². The van der Waals surface area contributed by atoms with Crippen LogP contribution >= 0.6 is 11.6 Å². The van der Waals surface area contributed by atoms with E-state index < -0.39 is 0 Å². The van der Waals surface area contributed by atoms with Crippen LogP contribution in [-0.2, 0) is 19.4 Å². The first kappa shape index (κ1) is 19.0. The largest absolute Gasteiger partial charge is 0.487 e. The molecule has 0 unspecified atom stereocenters. The van der Waals surface area contributed by atoms with E-state index in [1.54, 1.807) is 6.07 Å². The molecule has 0 aromatic heterocycles. The smallest absolute Gasteiger partial charge is 0.168 e. The van der Waals surface area contributed by atoms with Gasteiger partial charge < -0.3 is 9.47 Å². The van der Waals surface area contributed by atoms with Crippen molar-refractivity contribution in [2.75, 3.05) is 0 Å². The van der Waals surface area contributed by atoms with Crippen molar-refractivity contribution in [1.82, 2.24) is 0 Å². The van der Waals surface area contributed by atoms with Gasteiger partial charge in [0.15, 0.2) is 11.6 Å². The van der Waals surface area contributed by atoms with Crippen molar-refractivity contribution in [3.8, 4) is 11.5 Å². The van der Waals surface area contributed by atoms with Crippen LogP contribution in [0.1, 0.15) is 56.7 Å². The second kappa shape index (κ2) is 7.87. The summed E-state index contributed by atoms with van der Waals surface area (Å²) in [5, 5.41) is 0.650. The Kier molecular flexibility index (Phi) is 5.76. The van der Waals surface area contributed by atoms with Gasteiger partial charge in [0.1, 0.15) is 18.0 Å². The zero-order valence-electron chi connectivity index (χ0n) is 15.7. The molecule has 4 heteroatoms. The Balaban J connectivity index is 1.76. The summed E-state index contributed by atoms with van der Waals surface area (Å²) < 4.78 is 26.6. The average Bonchev–Trinajstić information content (AvgIpc) is 2.89. The predicted molar refractivity (Wildman–Crippen MR) is 104 cm³/mol. The fourth-order valence-electron chi connectivity index (χ4n) is 3.43. The molecule has 3 rings (SSSR count). The number of hydrogen-bond donors (Lipinski definition) is 0. The highest BCUT2D eigenvalue weighted by Crippen LogP contribution is 2.40. The average molecular weight is 377 g/mol. The second-order valence-corrected chi connectivity index (χ2v) is 8.00. The molecular formula is C22H26ClFO2. The molecule has 2 nitrogen and oxygen atoms in total. The Bertz CT molecular complexity index is 786. The summed E-state index contributed by atoms with van der Waals surface area (Å²) in [7, 11) is 0. The summed E-state index contributed by atoms with van der Waals surface area (Å²) >= 11 is 6.25. The maximum absolute atomic E-state index is 14.7. The summed E-state index contributed by atoms with van der Waals surface area (Å²) in [5.41, 5.74) is 2.39. The Labute approximate surface area is 160 Å². The van der Waals surface area contributed by atoms with Crippen molar-refractivity contribution in [2.45, 2.75) is 65.1 Å². The van der Waals surface area contributed by atoms with E-state index in [0.29, 0.717) is 10.6 Å². The standard InChI is InChI=1S/C22H26ClFO2/c1-4-5-6-8-15-9-7-10-19(20(15)24)25-14-17-12-18(23)11-16-13-22(2,3)26-21(16)17/h7,9-12H,4-6,8,13-14H2,1-3H3. The first-order valence-electron chi connectivity index (χ1n) is 9.30. The van der Waals surface area contributed by atoms with E-state index in [4.69, 9.17) is 21.1 Å². The molecule has 0 N–H and O–H groups in total. The van der Waals surface area contributed by atoms with Crippen LogP contribution in [0, 0.1) is 5.82 Å². The van der Waals surface area contributed by atoms with Crippen LogP contribution in [0.15, 0.2) is 30.3 Å². The van der Waals surface area contributed by atoms with Gasteiger partial charge in [0.05, 0.1) is 0 Å². The molecule has 2 aromatic rings. The molecule has 0 atom stereocenters. The molecule has 1 aliphatic rings. The van der Waals surface area contributed by atoms with E-state index in [1.807, 2.05) is 38.1 Å². The summed E-state index contributed by atoms with van der Waals surface area (Å²) in [6.45, 7) is 6.47. The highest BCUT2D eigenvalue weighted by molar-refractivity contribution is 6.30. The number of aryl methyl sites for hydroxylation is 1. The highest BCUT2D eigenvalue weighted by atomic mass is 35.5. The number of benzene rings is 2. The molecular weight excluding hydrogens is 351 g/mol. The first-order chi connectivity index (χ1) is 12.4. The molecule has 0 fully saturated rings. The quantitative estimate of drug-likeness (QED) is 0.513. The third-order valence-electron chi connectivity index (χ3n) is 4.68. The van der Waals surface area contributed by atoms with Gasteiger partial charge in [0.25, 0.3) is 0 Å². The molecule has 0 saturated heterocycles. The SMILES string of the molecule is CCCCCc1cccc(OCc2cc(Cl)cc3c2OC(C)(C)C3)c1F. The Morgan fingerprint density at radius 3 is 2.77 bits per heavy atom. The molecule has 0 spiro atoms. The molecule has 0 aliphatic carbocycles. The van der Waals surface area contributed by atoms with Crippen molar-refractivity contribution >= 4 is 11.6 Å². The molecule has 0 saturated carbocycles. The van der Waals surface area contributed by atoms with Crippen LogP contribution in [0.4, 0.5) is 4.39 Å². The third-order valence-corrected chi connectivity index (χ3v) is 4.90. The maximum Gasteiger partial charge on any atom is 0.168 e. The molecule has 0 bridgehead atoms. The number of unbranched alkanes of at least 4 members (excludes halogenated alkanes) is 2. The summed E-state index contributed by atoms with van der Waals surface area (Å²) in [6, 6.07) is 9.13. The minimum absolute atomic E-state index is 0.230. The molecule has 140 valence electrons. The molecule has 1 heterocycles. The van der Waals surface area contributed by atoms with Crippen molar-refractivity contribution in [2.24, 2.45) is 0 Å². The van der Waals surface area contributed by atoms with Gasteiger partial charge in [-0.1, -0.05) is 43.5 Å². The fourth-order valence-corrected chi connectivity index (χ4v) is 3.70. The van der Waals surface area contributed by atoms with Crippen LogP contribution in [0.5, 0.6) is 11.5 Å². The zero-order chi connectivity index (χ0) is 18.7. The first-order valence-corrected chi connectivity index (χ1v) is 9.68. The van der Waals surface area contributed by atoms with Gasteiger partial charge in [-0.15, -0.1) is 0 Å². The van der Waals surface area contributed by atoms with E-state index in [9.17, 15) is 4.39 Å². The number of fused-ring (bicyclic) bond motifs is 1. The van der Waals surface area contributed by atoms with Gasteiger partial charge in [0.2, 0.25) is 0 Å². The van der Waals surface area contributed by atoms with Crippen molar-refractivity contribution in [3.63, 3.8) is 0 Å². The number of ether oxygens (including phenoxy) is 2. The minimum atomic E-state index is -0.261. The van der Waals surface area contributed by atoms with E-state index in [-0.39, 0.29) is 23.8 Å². The normalized spacial score (nSPS) is 14.8. The molecule has 2 aromatic carbocycles. The Hall–Kier alpha value is -1.74. The van der Waals surface area contributed by atoms with E-state index in [0.717, 1.165) is 49.0 Å². The topological polar surface area (TPSA) is 18.5 Å². The van der Waals surface area contributed by atoms with E-state index in [1.165, 1.54) is 0 Å². The minimum Gasteiger partial charge on any atom is -0.487 e. The van der Waals surface area contributed by atoms with Crippen LogP contribution in [0.2, 0.25) is 5.02 Å². The van der Waals surface area contributed by atoms with E-state index >= 15 is 0 Å². The summed E-state index contributed by atoms with van der Waals surface area (Å²) in [4.78, 5) is 0. The molecule has 26 heavy (non-hydrogen) atoms. The lowest BCUT2D eigenvalue weighted by molar-refractivity contribution is 0.135. The van der Waals surface area contributed by atoms with Crippen LogP contribution in [0.25, 0.3) is 0 Å². The van der Waals surface area contributed by atoms with Gasteiger partial charge in [-0.3, -0.25) is 0 Å². The second-order valence-electron chi connectivity index (χ2n) is 7.57. The number of hydrogen-bond acceptors (Lipinski definition) is 2. The fraction of sp³-hybridized carbons (Fsp3) is 0.455. The zero-order valence-corrected chi connectivity index (χ0v) is 16.5. The summed E-state index contributed by atoms with van der Waals surface area (Å²) in [6.07, 6.45) is 4.75. The Morgan fingerprint density at radius 1 is 1.19 bits per heavy atom. The number of halogens is 2. The van der Waals surface area contributed by atoms with Crippen LogP contribution in [-0.4, -0.2) is 5.60 Å².